The monoisotopic (exact) mass is 443 g/mol. The van der Waals surface area contributed by atoms with Crippen LogP contribution in [0.2, 0.25) is 0 Å². The van der Waals surface area contributed by atoms with E-state index < -0.39 is 23.0 Å². The Hall–Kier alpha value is -0.522. The second kappa shape index (κ2) is 7.81. The van der Waals surface area contributed by atoms with Crippen LogP contribution in [0, 0.1) is 5.41 Å². The Morgan fingerprint density at radius 2 is 1.56 bits per heavy atom. The Morgan fingerprint density at radius 3 is 1.56 bits per heavy atom. The zero-order valence-corrected chi connectivity index (χ0v) is 12.3. The SMILES string of the molecule is CC(F)(CN)CN.O=C([O-])C1(C(=O)[O-])CCC1.[Pt+2]. The molecule has 0 aromatic rings. The number of hydrogen-bond donors (Lipinski definition) is 2. The largest absolute Gasteiger partial charge is 2.00 e. The van der Waals surface area contributed by atoms with E-state index in [1.807, 2.05) is 0 Å². The molecule has 1 aliphatic carbocycles. The van der Waals surface area contributed by atoms with E-state index in [9.17, 15) is 24.2 Å². The van der Waals surface area contributed by atoms with Crippen LogP contribution >= 0.6 is 0 Å². The first-order valence-electron chi connectivity index (χ1n) is 5.24. The van der Waals surface area contributed by atoms with Gasteiger partial charge in [-0.1, -0.05) is 6.42 Å². The summed E-state index contributed by atoms with van der Waals surface area (Å²) < 4.78 is 12.3. The summed E-state index contributed by atoms with van der Waals surface area (Å²) in [6.07, 6.45) is 0.928. The van der Waals surface area contributed by atoms with Gasteiger partial charge in [0.15, 0.2) is 0 Å². The average molecular weight is 443 g/mol. The molecule has 0 atom stereocenters. The molecule has 6 nitrogen and oxygen atoms in total. The van der Waals surface area contributed by atoms with E-state index in [-0.39, 0.29) is 47.0 Å². The van der Waals surface area contributed by atoms with Crippen LogP contribution in [0.4, 0.5) is 4.39 Å². The molecule has 0 radical (unpaired) electrons. The fourth-order valence-corrected chi connectivity index (χ4v) is 1.11. The van der Waals surface area contributed by atoms with Gasteiger partial charge in [-0.25, -0.2) is 4.39 Å². The number of alkyl halides is 1. The zero-order chi connectivity index (χ0) is 13.7. The third-order valence-corrected chi connectivity index (χ3v) is 2.84. The molecule has 0 unspecified atom stereocenters. The molecule has 1 aliphatic rings. The number of rotatable bonds is 4. The van der Waals surface area contributed by atoms with Gasteiger partial charge in [0, 0.05) is 18.5 Å². The second-order valence-corrected chi connectivity index (χ2v) is 4.33. The van der Waals surface area contributed by atoms with Crippen LogP contribution < -0.4 is 21.7 Å². The van der Waals surface area contributed by atoms with Gasteiger partial charge in [-0.3, -0.25) is 0 Å². The summed E-state index contributed by atoms with van der Waals surface area (Å²) in [7, 11) is 0. The molecule has 0 bridgehead atoms. The van der Waals surface area contributed by atoms with Gasteiger partial charge < -0.3 is 31.3 Å². The van der Waals surface area contributed by atoms with Crippen molar-refractivity contribution in [2.75, 3.05) is 13.1 Å². The van der Waals surface area contributed by atoms with Gasteiger partial charge in [0.1, 0.15) is 5.67 Å². The topological polar surface area (TPSA) is 132 Å². The third-order valence-electron chi connectivity index (χ3n) is 2.84. The predicted molar refractivity (Wildman–Crippen MR) is 53.9 cm³/mol. The molecule has 108 valence electrons. The quantitative estimate of drug-likeness (QED) is 0.454. The van der Waals surface area contributed by atoms with Crippen molar-refractivity contribution in [3.05, 3.63) is 0 Å². The zero-order valence-electron chi connectivity index (χ0n) is 10.0. The number of carbonyl (C=O) groups is 2. The van der Waals surface area contributed by atoms with Crippen LogP contribution in [-0.2, 0) is 30.7 Å². The van der Waals surface area contributed by atoms with Gasteiger partial charge >= 0.3 is 21.1 Å². The van der Waals surface area contributed by atoms with Gasteiger partial charge in [-0.05, 0) is 19.8 Å². The molecule has 18 heavy (non-hydrogen) atoms. The number of hydrogen-bond acceptors (Lipinski definition) is 6. The first kappa shape index (κ1) is 19.8. The van der Waals surface area contributed by atoms with Gasteiger partial charge in [0.05, 0.1) is 11.9 Å². The fraction of sp³-hybridized carbons (Fsp3) is 0.800. The van der Waals surface area contributed by atoms with Crippen LogP contribution in [0.25, 0.3) is 0 Å². The molecule has 1 rings (SSSR count). The smallest absolute Gasteiger partial charge is 0.549 e. The van der Waals surface area contributed by atoms with E-state index in [0.717, 1.165) is 0 Å². The molecule has 0 saturated heterocycles. The molecule has 0 amide bonds. The van der Waals surface area contributed by atoms with Crippen molar-refractivity contribution in [3.8, 4) is 0 Å². The Morgan fingerprint density at radius 1 is 1.22 bits per heavy atom. The van der Waals surface area contributed by atoms with E-state index in [0.29, 0.717) is 6.42 Å². The van der Waals surface area contributed by atoms with Gasteiger partial charge in [0.25, 0.3) is 0 Å². The summed E-state index contributed by atoms with van der Waals surface area (Å²) in [6, 6.07) is 0. The minimum absolute atomic E-state index is 0. The number of aliphatic carboxylic acids is 2. The van der Waals surface area contributed by atoms with Crippen molar-refractivity contribution < 1.29 is 45.3 Å². The number of carboxylic acids is 2. The molecule has 1 fully saturated rings. The van der Waals surface area contributed by atoms with E-state index in [1.54, 1.807) is 0 Å². The molecule has 0 aliphatic heterocycles. The maximum Gasteiger partial charge on any atom is 2.00 e. The van der Waals surface area contributed by atoms with Gasteiger partial charge in [-0.15, -0.1) is 0 Å². The molecular formula is C10H17FN2O4Pt. The first-order chi connectivity index (χ1) is 7.72. The Balaban J connectivity index is 0. The summed E-state index contributed by atoms with van der Waals surface area (Å²) in [5, 5.41) is 20.4. The van der Waals surface area contributed by atoms with E-state index in [1.165, 1.54) is 6.92 Å². The molecule has 4 N–H and O–H groups in total. The first-order valence-corrected chi connectivity index (χ1v) is 5.24. The van der Waals surface area contributed by atoms with Crippen molar-refractivity contribution in [1.29, 1.82) is 0 Å². The second-order valence-electron chi connectivity index (χ2n) is 4.33. The predicted octanol–water partition coefficient (Wildman–Crippen LogP) is -2.71. The molecule has 1 saturated carbocycles. The molecule has 0 heterocycles. The van der Waals surface area contributed by atoms with Gasteiger partial charge in [0.2, 0.25) is 0 Å². The number of nitrogens with two attached hydrogens (primary N) is 2. The summed E-state index contributed by atoms with van der Waals surface area (Å²) in [6.45, 7) is 1.39. The minimum atomic E-state index is -1.67. The summed E-state index contributed by atoms with van der Waals surface area (Å²) >= 11 is 0. The van der Waals surface area contributed by atoms with Crippen molar-refractivity contribution in [2.45, 2.75) is 31.9 Å². The summed E-state index contributed by atoms with van der Waals surface area (Å²) in [4.78, 5) is 20.4. The van der Waals surface area contributed by atoms with Crippen molar-refractivity contribution in [1.82, 2.24) is 0 Å². The van der Waals surface area contributed by atoms with E-state index >= 15 is 0 Å². The van der Waals surface area contributed by atoms with Crippen LogP contribution in [0.15, 0.2) is 0 Å². The van der Waals surface area contributed by atoms with E-state index in [4.69, 9.17) is 11.5 Å². The van der Waals surface area contributed by atoms with Crippen molar-refractivity contribution in [3.63, 3.8) is 0 Å². The van der Waals surface area contributed by atoms with Crippen LogP contribution in [-0.4, -0.2) is 30.7 Å². The maximum absolute atomic E-state index is 12.3. The Kier molecular flexibility index (Phi) is 8.60. The summed E-state index contributed by atoms with van der Waals surface area (Å²) in [5.41, 5.74) is 6.90. The maximum atomic E-state index is 12.3. The molecule has 0 aromatic carbocycles. The normalized spacial score (nSPS) is 16.4. The standard InChI is InChI=1S/C6H8O4.C4H11FN2.Pt/c7-4(8)6(5(9)10)2-1-3-6;1-4(5,2-6)3-7;/h1-3H2,(H,7,8)(H,9,10);2-3,6-7H2,1H3;/q;;+2/p-2. The van der Waals surface area contributed by atoms with Crippen molar-refractivity contribution in [2.24, 2.45) is 16.9 Å². The van der Waals surface area contributed by atoms with E-state index in [2.05, 4.69) is 0 Å². The fourth-order valence-electron chi connectivity index (χ4n) is 1.11. The third kappa shape index (κ3) is 5.00. The van der Waals surface area contributed by atoms with Gasteiger partial charge in [-0.2, -0.15) is 0 Å². The van der Waals surface area contributed by atoms with Crippen LogP contribution in [0.1, 0.15) is 26.2 Å². The molecule has 0 spiro atoms. The molecule has 8 heteroatoms. The Bertz CT molecular complexity index is 274. The number of carbonyl (C=O) groups excluding carboxylic acids is 2. The minimum Gasteiger partial charge on any atom is -0.549 e. The van der Waals surface area contributed by atoms with Crippen molar-refractivity contribution >= 4 is 11.9 Å². The van der Waals surface area contributed by atoms with Crippen LogP contribution in [0.3, 0.4) is 0 Å². The Labute approximate surface area is 119 Å². The number of carboxylic acid groups (broad SMARTS) is 2. The number of halogens is 1. The summed E-state index contributed by atoms with van der Waals surface area (Å²) in [5.74, 6) is -3.03. The molecule has 0 aromatic heterocycles. The molecular weight excluding hydrogens is 426 g/mol. The van der Waals surface area contributed by atoms with Crippen LogP contribution in [0.5, 0.6) is 0 Å². The average Bonchev–Trinajstić information content (AvgIpc) is 2.15.